The zero-order chi connectivity index (χ0) is 39.0. The van der Waals surface area contributed by atoms with Gasteiger partial charge in [0.25, 0.3) is 10.1 Å². The Morgan fingerprint density at radius 1 is 0.618 bits per heavy atom. The fraction of sp³-hybridized carbons (Fsp3) is 0.234. The molecule has 7 nitrogen and oxygen atoms in total. The summed E-state index contributed by atoms with van der Waals surface area (Å²) >= 11 is 0. The molecule has 0 saturated heterocycles. The van der Waals surface area contributed by atoms with E-state index in [2.05, 4.69) is 134 Å². The first-order valence-corrected chi connectivity index (χ1v) is 20.4. The van der Waals surface area contributed by atoms with E-state index in [1.807, 2.05) is 37.3 Å². The molecular weight excluding hydrogens is 703 g/mol. The summed E-state index contributed by atoms with van der Waals surface area (Å²) in [6, 6.07) is 47.3. The third kappa shape index (κ3) is 9.76. The average Bonchev–Trinajstić information content (AvgIpc) is 3.19. The van der Waals surface area contributed by atoms with Gasteiger partial charge in [-0.2, -0.15) is 8.42 Å². The lowest BCUT2D eigenvalue weighted by Crippen LogP contribution is -2.22. The Bertz CT molecular complexity index is 2290. The van der Waals surface area contributed by atoms with Gasteiger partial charge in [0, 0.05) is 54.8 Å². The van der Waals surface area contributed by atoms with Crippen LogP contribution >= 0.6 is 0 Å². The molecule has 2 N–H and O–H groups in total. The zero-order valence-corrected chi connectivity index (χ0v) is 33.2. The van der Waals surface area contributed by atoms with Gasteiger partial charge in [0.05, 0.1) is 11.5 Å². The van der Waals surface area contributed by atoms with Crippen LogP contribution in [0.2, 0.25) is 0 Å². The third-order valence-electron chi connectivity index (χ3n) is 10.1. The van der Waals surface area contributed by atoms with Crippen LogP contribution in [0.4, 0.5) is 22.7 Å². The molecule has 6 aromatic carbocycles. The summed E-state index contributed by atoms with van der Waals surface area (Å²) in [6.45, 7) is 14.3. The number of benzene rings is 6. The average molecular weight is 754 g/mol. The molecule has 1 atom stereocenters. The van der Waals surface area contributed by atoms with Crippen molar-refractivity contribution in [2.45, 2.75) is 58.5 Å². The van der Waals surface area contributed by atoms with E-state index in [4.69, 9.17) is 4.74 Å². The second-order valence-corrected chi connectivity index (χ2v) is 15.3. The fourth-order valence-electron chi connectivity index (χ4n) is 7.21. The third-order valence-corrected chi connectivity index (χ3v) is 11.0. The molecule has 0 heterocycles. The SMILES string of the molecule is CCOc1ccc(Nc2ccc(C(c3ccc(N(CC)Cc4ccccc4)cc3C)c3ccc(N(CC)Cc4cccc(S(=O)(=O)O)c4)cc3C)cc2)cc1. The summed E-state index contributed by atoms with van der Waals surface area (Å²) in [6.07, 6.45) is 0. The predicted octanol–water partition coefficient (Wildman–Crippen LogP) is 10.9. The van der Waals surface area contributed by atoms with Crippen molar-refractivity contribution in [3.8, 4) is 5.75 Å². The Hall–Kier alpha value is -5.57. The normalized spacial score (nSPS) is 11.9. The Morgan fingerprint density at radius 3 is 1.65 bits per heavy atom. The van der Waals surface area contributed by atoms with Gasteiger partial charge in [-0.25, -0.2) is 0 Å². The predicted molar refractivity (Wildman–Crippen MR) is 227 cm³/mol. The zero-order valence-electron chi connectivity index (χ0n) is 32.4. The van der Waals surface area contributed by atoms with Gasteiger partial charge < -0.3 is 19.9 Å². The highest BCUT2D eigenvalue weighted by Crippen LogP contribution is 2.39. The van der Waals surface area contributed by atoms with Crippen molar-refractivity contribution >= 4 is 32.9 Å². The molecule has 0 spiro atoms. The van der Waals surface area contributed by atoms with Crippen LogP contribution in [0, 0.1) is 13.8 Å². The second-order valence-electron chi connectivity index (χ2n) is 13.9. The van der Waals surface area contributed by atoms with E-state index in [-0.39, 0.29) is 10.8 Å². The number of ether oxygens (including phenoxy) is 1. The highest BCUT2D eigenvalue weighted by Gasteiger charge is 2.23. The minimum absolute atomic E-state index is 0.0201. The summed E-state index contributed by atoms with van der Waals surface area (Å²) in [5.74, 6) is 0.831. The summed E-state index contributed by atoms with van der Waals surface area (Å²) in [7, 11) is -4.29. The minimum Gasteiger partial charge on any atom is -0.494 e. The van der Waals surface area contributed by atoms with Crippen molar-refractivity contribution in [1.82, 2.24) is 0 Å². The topological polar surface area (TPSA) is 82.1 Å². The van der Waals surface area contributed by atoms with E-state index in [9.17, 15) is 13.0 Å². The van der Waals surface area contributed by atoms with Crippen LogP contribution in [0.1, 0.15) is 65.6 Å². The van der Waals surface area contributed by atoms with Gasteiger partial charge in [-0.05, 0) is 146 Å². The minimum atomic E-state index is -4.29. The van der Waals surface area contributed by atoms with Gasteiger partial charge >= 0.3 is 0 Å². The molecular formula is C47H51N3O4S. The summed E-state index contributed by atoms with van der Waals surface area (Å²) < 4.78 is 38.9. The molecule has 0 aliphatic carbocycles. The van der Waals surface area contributed by atoms with Crippen LogP contribution < -0.4 is 19.9 Å². The van der Waals surface area contributed by atoms with Gasteiger partial charge in [-0.1, -0.05) is 66.7 Å². The number of nitrogens with one attached hydrogen (secondary N) is 1. The molecule has 6 rings (SSSR count). The highest BCUT2D eigenvalue weighted by molar-refractivity contribution is 7.85. The van der Waals surface area contributed by atoms with E-state index in [0.717, 1.165) is 53.6 Å². The van der Waals surface area contributed by atoms with Crippen molar-refractivity contribution in [2.24, 2.45) is 0 Å². The molecule has 284 valence electrons. The Labute approximate surface area is 327 Å². The van der Waals surface area contributed by atoms with E-state index in [0.29, 0.717) is 13.2 Å². The standard InChI is InChI=1S/C47H51N3O4S/c1-6-49(32-36-13-10-9-11-14-36)41-23-27-45(34(4)29-41)47(38-17-19-39(20-18-38)48-40-21-25-43(26-22-40)54-8-3)46-28-24-42(30-35(46)5)50(7-2)33-37-15-12-16-44(31-37)55(51,52)53/h9-31,47-48H,6-8,32-33H2,1-5H3,(H,51,52,53). The molecule has 0 aromatic heterocycles. The Kier molecular flexibility index (Phi) is 12.6. The lowest BCUT2D eigenvalue weighted by molar-refractivity contribution is 0.340. The van der Waals surface area contributed by atoms with Crippen LogP contribution in [0.5, 0.6) is 5.75 Å². The fourth-order valence-corrected chi connectivity index (χ4v) is 7.76. The van der Waals surface area contributed by atoms with E-state index in [1.165, 1.54) is 45.6 Å². The first-order chi connectivity index (χ1) is 26.6. The van der Waals surface area contributed by atoms with Gasteiger partial charge in [0.15, 0.2) is 0 Å². The maximum Gasteiger partial charge on any atom is 0.294 e. The molecule has 55 heavy (non-hydrogen) atoms. The largest absolute Gasteiger partial charge is 0.494 e. The van der Waals surface area contributed by atoms with E-state index >= 15 is 0 Å². The van der Waals surface area contributed by atoms with Crippen LogP contribution in [-0.4, -0.2) is 32.7 Å². The Balaban J connectivity index is 1.34. The smallest absolute Gasteiger partial charge is 0.294 e. The number of anilines is 4. The number of nitrogens with zero attached hydrogens (tertiary/aromatic N) is 2. The molecule has 6 aromatic rings. The van der Waals surface area contributed by atoms with Gasteiger partial charge in [-0.15, -0.1) is 0 Å². The van der Waals surface area contributed by atoms with Gasteiger partial charge in [0.2, 0.25) is 0 Å². The first kappa shape index (κ1) is 39.1. The van der Waals surface area contributed by atoms with Crippen molar-refractivity contribution in [3.63, 3.8) is 0 Å². The number of hydrogen-bond acceptors (Lipinski definition) is 6. The van der Waals surface area contributed by atoms with E-state index in [1.54, 1.807) is 6.07 Å². The summed E-state index contributed by atoms with van der Waals surface area (Å²) in [4.78, 5) is 4.52. The van der Waals surface area contributed by atoms with E-state index < -0.39 is 10.1 Å². The molecule has 0 aliphatic rings. The lowest BCUT2D eigenvalue weighted by atomic mass is 9.81. The van der Waals surface area contributed by atoms with Crippen molar-refractivity contribution in [3.05, 3.63) is 178 Å². The number of aryl methyl sites for hydroxylation is 2. The molecule has 0 bridgehead atoms. The summed E-state index contributed by atoms with van der Waals surface area (Å²) in [5.41, 5.74) is 12.4. The molecule has 0 saturated carbocycles. The van der Waals surface area contributed by atoms with Crippen molar-refractivity contribution < 1.29 is 17.7 Å². The maximum atomic E-state index is 11.8. The van der Waals surface area contributed by atoms with Crippen LogP contribution in [-0.2, 0) is 23.2 Å². The van der Waals surface area contributed by atoms with Crippen LogP contribution in [0.15, 0.2) is 144 Å². The van der Waals surface area contributed by atoms with Crippen molar-refractivity contribution in [1.29, 1.82) is 0 Å². The quantitative estimate of drug-likeness (QED) is 0.0752. The molecule has 0 fully saturated rings. The number of rotatable bonds is 16. The molecule has 0 aliphatic heterocycles. The van der Waals surface area contributed by atoms with Gasteiger partial charge in [-0.3, -0.25) is 4.55 Å². The van der Waals surface area contributed by atoms with Gasteiger partial charge in [0.1, 0.15) is 5.75 Å². The molecule has 1 unspecified atom stereocenters. The molecule has 0 amide bonds. The Morgan fingerprint density at radius 2 is 1.15 bits per heavy atom. The first-order valence-electron chi connectivity index (χ1n) is 19.0. The maximum absolute atomic E-state index is 11.8. The molecule has 8 heteroatoms. The summed E-state index contributed by atoms with van der Waals surface area (Å²) in [5, 5.41) is 3.53. The number of hydrogen-bond donors (Lipinski definition) is 2. The molecule has 0 radical (unpaired) electrons. The highest BCUT2D eigenvalue weighted by atomic mass is 32.2. The van der Waals surface area contributed by atoms with Crippen LogP contribution in [0.3, 0.4) is 0 Å². The second kappa shape index (κ2) is 17.7. The van der Waals surface area contributed by atoms with Crippen LogP contribution in [0.25, 0.3) is 0 Å². The van der Waals surface area contributed by atoms with Crippen molar-refractivity contribution in [2.75, 3.05) is 34.8 Å². The monoisotopic (exact) mass is 753 g/mol. The lowest BCUT2D eigenvalue weighted by Gasteiger charge is -2.28.